The normalized spacial score (nSPS) is 28.4. The largest absolute Gasteiger partial charge is 0.368 e. The monoisotopic (exact) mass is 529 g/mol. The summed E-state index contributed by atoms with van der Waals surface area (Å²) >= 11 is 0. The van der Waals surface area contributed by atoms with Crippen molar-refractivity contribution in [2.24, 2.45) is 0 Å². The van der Waals surface area contributed by atoms with E-state index in [0.29, 0.717) is 12.6 Å². The highest BCUT2D eigenvalue weighted by atomic mass is 16.8. The third-order valence-corrected chi connectivity index (χ3v) is 8.67. The van der Waals surface area contributed by atoms with Gasteiger partial charge in [-0.2, -0.15) is 0 Å². The molecule has 4 rings (SSSR count). The first-order valence-electron chi connectivity index (χ1n) is 16.0. The molecule has 0 radical (unpaired) electrons. The Kier molecular flexibility index (Phi) is 12.4. The molecule has 0 saturated carbocycles. The number of likely N-dealkylation sites (tertiary alicyclic amines) is 1. The maximum absolute atomic E-state index is 6.48. The van der Waals surface area contributed by atoms with Crippen molar-refractivity contribution >= 4 is 0 Å². The van der Waals surface area contributed by atoms with Crippen molar-refractivity contribution in [2.75, 3.05) is 13.1 Å². The highest BCUT2D eigenvalue weighted by molar-refractivity contribution is 5.14. The Labute approximate surface area is 232 Å². The van der Waals surface area contributed by atoms with Gasteiger partial charge in [0.05, 0.1) is 6.61 Å². The van der Waals surface area contributed by atoms with Gasteiger partial charge in [-0.15, -0.1) is 0 Å². The molecule has 0 spiro atoms. The number of unbranched alkanes of at least 4 members (excludes halogenated alkanes) is 13. The summed E-state index contributed by atoms with van der Waals surface area (Å²) in [6, 6.07) is 10.8. The summed E-state index contributed by atoms with van der Waals surface area (Å²) in [4.78, 5) is 2.61. The van der Waals surface area contributed by atoms with Crippen molar-refractivity contribution < 1.29 is 18.9 Å². The predicted octanol–water partition coefficient (Wildman–Crippen LogP) is 8.00. The molecule has 0 bridgehead atoms. The van der Waals surface area contributed by atoms with E-state index < -0.39 is 5.79 Å². The minimum Gasteiger partial charge on any atom is -0.368 e. The van der Waals surface area contributed by atoms with Gasteiger partial charge in [0.25, 0.3) is 0 Å². The molecule has 216 valence electrons. The van der Waals surface area contributed by atoms with Crippen LogP contribution in [0.15, 0.2) is 30.3 Å². The lowest BCUT2D eigenvalue weighted by Gasteiger charge is -2.45. The standard InChI is InChI=1S/C33H55NO4/c1-4-5-6-7-8-9-10-11-12-13-14-15-16-20-24-34-25-23-28(34)29-30(35-26-27-21-18-17-19-22-27)31-32(36-29)38-33(2,3)37-31/h17-19,21-22,28-32H,4-16,20,23-26H2,1-3H3/t28-,29+,30-,31+,32+/m0/s1. The van der Waals surface area contributed by atoms with Crippen molar-refractivity contribution in [1.29, 1.82) is 0 Å². The zero-order valence-electron chi connectivity index (χ0n) is 24.6. The molecule has 5 atom stereocenters. The minimum atomic E-state index is -0.623. The SMILES string of the molecule is CCCCCCCCCCCCCCCCN1CC[C@H]1[C@H]1O[C@@H]2OC(C)(C)O[C@@H]2[C@H]1OCc1ccccc1. The Morgan fingerprint density at radius 1 is 0.789 bits per heavy atom. The van der Waals surface area contributed by atoms with Crippen LogP contribution in [-0.2, 0) is 25.6 Å². The van der Waals surface area contributed by atoms with Crippen molar-refractivity contribution in [3.63, 3.8) is 0 Å². The van der Waals surface area contributed by atoms with Crippen LogP contribution < -0.4 is 0 Å². The maximum atomic E-state index is 6.48. The predicted molar refractivity (Wildman–Crippen MR) is 154 cm³/mol. The lowest BCUT2D eigenvalue weighted by atomic mass is 9.92. The molecule has 38 heavy (non-hydrogen) atoms. The zero-order valence-corrected chi connectivity index (χ0v) is 24.6. The molecule has 0 N–H and O–H groups in total. The summed E-state index contributed by atoms with van der Waals surface area (Å²) in [5.41, 5.74) is 1.18. The first kappa shape index (κ1) is 30.0. The van der Waals surface area contributed by atoms with Crippen LogP contribution in [0.3, 0.4) is 0 Å². The van der Waals surface area contributed by atoms with Gasteiger partial charge in [0, 0.05) is 12.6 Å². The molecule has 1 aromatic rings. The van der Waals surface area contributed by atoms with Crippen molar-refractivity contribution in [1.82, 2.24) is 4.90 Å². The molecule has 1 aromatic carbocycles. The van der Waals surface area contributed by atoms with E-state index in [1.54, 1.807) is 0 Å². The minimum absolute atomic E-state index is 0.00482. The van der Waals surface area contributed by atoms with E-state index in [2.05, 4.69) is 36.1 Å². The third-order valence-electron chi connectivity index (χ3n) is 8.67. The van der Waals surface area contributed by atoms with Crippen molar-refractivity contribution in [3.05, 3.63) is 35.9 Å². The van der Waals surface area contributed by atoms with Gasteiger partial charge < -0.3 is 18.9 Å². The Morgan fingerprint density at radius 2 is 1.39 bits per heavy atom. The molecular formula is C33H55NO4. The Balaban J connectivity index is 1.10. The van der Waals surface area contributed by atoms with Crippen molar-refractivity contribution in [3.8, 4) is 0 Å². The lowest BCUT2D eigenvalue weighted by molar-refractivity contribution is -0.231. The van der Waals surface area contributed by atoms with Crippen LogP contribution in [0.4, 0.5) is 0 Å². The fraction of sp³-hybridized carbons (Fsp3) is 0.818. The first-order chi connectivity index (χ1) is 18.6. The van der Waals surface area contributed by atoms with Crippen LogP contribution in [0.1, 0.15) is 123 Å². The second-order valence-corrected chi connectivity index (χ2v) is 12.3. The van der Waals surface area contributed by atoms with E-state index in [-0.39, 0.29) is 24.6 Å². The van der Waals surface area contributed by atoms with Crippen LogP contribution in [0.5, 0.6) is 0 Å². The first-order valence-corrected chi connectivity index (χ1v) is 16.0. The quantitative estimate of drug-likeness (QED) is 0.170. The summed E-state index contributed by atoms with van der Waals surface area (Å²) < 4.78 is 25.3. The number of fused-ring (bicyclic) bond motifs is 1. The third kappa shape index (κ3) is 9.02. The maximum Gasteiger partial charge on any atom is 0.190 e. The van der Waals surface area contributed by atoms with E-state index >= 15 is 0 Å². The molecule has 3 saturated heterocycles. The summed E-state index contributed by atoms with van der Waals surface area (Å²) in [5.74, 6) is -0.623. The van der Waals surface area contributed by atoms with E-state index in [1.165, 1.54) is 95.5 Å². The van der Waals surface area contributed by atoms with E-state index in [4.69, 9.17) is 18.9 Å². The van der Waals surface area contributed by atoms with E-state index in [0.717, 1.165) is 19.5 Å². The fourth-order valence-corrected chi connectivity index (χ4v) is 6.39. The highest BCUT2D eigenvalue weighted by Gasteiger charge is 2.58. The Morgan fingerprint density at radius 3 is 1.97 bits per heavy atom. The molecule has 5 heteroatoms. The average molecular weight is 530 g/mol. The number of benzene rings is 1. The molecule has 3 aliphatic heterocycles. The smallest absolute Gasteiger partial charge is 0.190 e. The molecule has 5 nitrogen and oxygen atoms in total. The van der Waals surface area contributed by atoms with Gasteiger partial charge >= 0.3 is 0 Å². The van der Waals surface area contributed by atoms with Crippen LogP contribution >= 0.6 is 0 Å². The average Bonchev–Trinajstić information content (AvgIpc) is 3.36. The van der Waals surface area contributed by atoms with Gasteiger partial charge in [-0.05, 0) is 38.8 Å². The molecule has 0 unspecified atom stereocenters. The summed E-state index contributed by atoms with van der Waals surface area (Å²) in [7, 11) is 0. The Hall–Kier alpha value is -0.980. The summed E-state index contributed by atoms with van der Waals surface area (Å²) in [5, 5.41) is 0. The second kappa shape index (κ2) is 15.7. The van der Waals surface area contributed by atoms with Crippen LogP contribution in [-0.4, -0.2) is 54.4 Å². The van der Waals surface area contributed by atoms with Crippen LogP contribution in [0.2, 0.25) is 0 Å². The van der Waals surface area contributed by atoms with Crippen molar-refractivity contribution in [2.45, 2.75) is 160 Å². The number of hydrogen-bond donors (Lipinski definition) is 0. The van der Waals surface area contributed by atoms with Gasteiger partial charge in [-0.25, -0.2) is 0 Å². The molecule has 0 aliphatic carbocycles. The number of nitrogens with zero attached hydrogens (tertiary/aromatic N) is 1. The molecule has 0 aromatic heterocycles. The molecule has 3 aliphatic rings. The lowest BCUT2D eigenvalue weighted by Crippen LogP contribution is -2.58. The van der Waals surface area contributed by atoms with Gasteiger partial charge in [0.15, 0.2) is 12.1 Å². The number of hydrogen-bond acceptors (Lipinski definition) is 5. The molecule has 3 fully saturated rings. The van der Waals surface area contributed by atoms with E-state index in [9.17, 15) is 0 Å². The summed E-state index contributed by atoms with van der Waals surface area (Å²) in [6.07, 6.45) is 20.2. The topological polar surface area (TPSA) is 40.2 Å². The van der Waals surface area contributed by atoms with Gasteiger partial charge in [0.1, 0.15) is 18.3 Å². The Bertz CT molecular complexity index is 772. The highest BCUT2D eigenvalue weighted by Crippen LogP contribution is 2.42. The van der Waals surface area contributed by atoms with Crippen LogP contribution in [0.25, 0.3) is 0 Å². The summed E-state index contributed by atoms with van der Waals surface area (Å²) in [6.45, 7) is 9.12. The van der Waals surface area contributed by atoms with Gasteiger partial charge in [-0.3, -0.25) is 4.90 Å². The van der Waals surface area contributed by atoms with Crippen LogP contribution in [0, 0.1) is 0 Å². The zero-order chi connectivity index (χ0) is 26.6. The number of rotatable bonds is 19. The molecule has 0 amide bonds. The van der Waals surface area contributed by atoms with Gasteiger partial charge in [-0.1, -0.05) is 121 Å². The van der Waals surface area contributed by atoms with Gasteiger partial charge in [0.2, 0.25) is 0 Å². The molecule has 3 heterocycles. The fourth-order valence-electron chi connectivity index (χ4n) is 6.39. The second-order valence-electron chi connectivity index (χ2n) is 12.3. The molecular weight excluding hydrogens is 474 g/mol. The van der Waals surface area contributed by atoms with E-state index in [1.807, 2.05) is 19.9 Å². The number of ether oxygens (including phenoxy) is 4.